The van der Waals surface area contributed by atoms with Crippen LogP contribution in [0.1, 0.15) is 25.3 Å². The standard InChI is InChI=1S/C15H16N2O4S/c1-2-3-8-22(19,20)17-12-6-4-11(5-7-12)14-10-21-15(18)13(14)9-16/h4-7,17H,2-3,8,10H2,1H3. The van der Waals surface area contributed by atoms with Gasteiger partial charge in [-0.1, -0.05) is 25.5 Å². The van der Waals surface area contributed by atoms with Crippen LogP contribution in [0.5, 0.6) is 0 Å². The van der Waals surface area contributed by atoms with Gasteiger partial charge in [0.15, 0.2) is 0 Å². The van der Waals surface area contributed by atoms with Crippen LogP contribution in [0.25, 0.3) is 5.57 Å². The van der Waals surface area contributed by atoms with Gasteiger partial charge in [0, 0.05) is 11.3 Å². The van der Waals surface area contributed by atoms with E-state index in [1.54, 1.807) is 24.3 Å². The fraction of sp³-hybridized carbons (Fsp3) is 0.333. The highest BCUT2D eigenvalue weighted by atomic mass is 32.2. The Morgan fingerprint density at radius 2 is 2.00 bits per heavy atom. The minimum absolute atomic E-state index is 0.00345. The molecule has 2 rings (SSSR count). The molecule has 0 aliphatic carbocycles. The van der Waals surface area contributed by atoms with Gasteiger partial charge in [-0.3, -0.25) is 4.72 Å². The molecular formula is C15H16N2O4S. The summed E-state index contributed by atoms with van der Waals surface area (Å²) >= 11 is 0. The Morgan fingerprint density at radius 1 is 1.32 bits per heavy atom. The Hall–Kier alpha value is -2.33. The van der Waals surface area contributed by atoms with Crippen LogP contribution < -0.4 is 4.72 Å². The first-order valence-corrected chi connectivity index (χ1v) is 8.53. The summed E-state index contributed by atoms with van der Waals surface area (Å²) in [6.45, 7) is 1.99. The van der Waals surface area contributed by atoms with Crippen molar-refractivity contribution >= 4 is 27.3 Å². The van der Waals surface area contributed by atoms with Crippen molar-refractivity contribution in [1.82, 2.24) is 0 Å². The average Bonchev–Trinajstić information content (AvgIpc) is 2.86. The van der Waals surface area contributed by atoms with Crippen molar-refractivity contribution in [3.05, 3.63) is 35.4 Å². The Balaban J connectivity index is 2.17. The molecule has 0 saturated carbocycles. The summed E-state index contributed by atoms with van der Waals surface area (Å²) in [7, 11) is -3.35. The number of esters is 1. The van der Waals surface area contributed by atoms with Gasteiger partial charge in [0.2, 0.25) is 10.0 Å². The van der Waals surface area contributed by atoms with E-state index < -0.39 is 16.0 Å². The third-order valence-electron chi connectivity index (χ3n) is 3.24. The van der Waals surface area contributed by atoms with Crippen LogP contribution >= 0.6 is 0 Å². The maximum absolute atomic E-state index is 11.8. The molecule has 0 amide bonds. The monoisotopic (exact) mass is 320 g/mol. The number of ether oxygens (including phenoxy) is 1. The second-order valence-electron chi connectivity index (χ2n) is 4.89. The van der Waals surface area contributed by atoms with Gasteiger partial charge in [0.05, 0.1) is 5.75 Å². The molecule has 0 unspecified atom stereocenters. The maximum atomic E-state index is 11.8. The predicted molar refractivity (Wildman–Crippen MR) is 82.3 cm³/mol. The highest BCUT2D eigenvalue weighted by Crippen LogP contribution is 2.26. The van der Waals surface area contributed by atoms with Gasteiger partial charge in [-0.05, 0) is 24.1 Å². The molecule has 0 radical (unpaired) electrons. The molecule has 1 N–H and O–H groups in total. The molecule has 116 valence electrons. The normalized spacial score (nSPS) is 14.6. The summed E-state index contributed by atoms with van der Waals surface area (Å²) in [4.78, 5) is 11.3. The van der Waals surface area contributed by atoms with Gasteiger partial charge in [-0.25, -0.2) is 13.2 Å². The number of hydrogen-bond donors (Lipinski definition) is 1. The second-order valence-corrected chi connectivity index (χ2v) is 6.74. The van der Waals surface area contributed by atoms with Crippen LogP contribution in [0.3, 0.4) is 0 Å². The number of hydrogen-bond acceptors (Lipinski definition) is 5. The van der Waals surface area contributed by atoms with Gasteiger partial charge >= 0.3 is 5.97 Å². The van der Waals surface area contributed by atoms with Gasteiger partial charge in [0.1, 0.15) is 18.2 Å². The summed E-state index contributed by atoms with van der Waals surface area (Å²) < 4.78 is 31.0. The van der Waals surface area contributed by atoms with E-state index in [0.717, 1.165) is 6.42 Å². The van der Waals surface area contributed by atoms with Crippen molar-refractivity contribution in [2.75, 3.05) is 17.1 Å². The second kappa shape index (κ2) is 6.62. The molecular weight excluding hydrogens is 304 g/mol. The summed E-state index contributed by atoms with van der Waals surface area (Å²) in [6.07, 6.45) is 1.41. The first-order valence-electron chi connectivity index (χ1n) is 6.88. The summed E-state index contributed by atoms with van der Waals surface area (Å²) in [5.41, 5.74) is 1.63. The summed E-state index contributed by atoms with van der Waals surface area (Å²) in [6, 6.07) is 8.35. The lowest BCUT2D eigenvalue weighted by Gasteiger charge is -2.08. The van der Waals surface area contributed by atoms with Crippen molar-refractivity contribution in [1.29, 1.82) is 5.26 Å². The van der Waals surface area contributed by atoms with Crippen molar-refractivity contribution in [2.24, 2.45) is 0 Å². The van der Waals surface area contributed by atoms with E-state index in [-0.39, 0.29) is 17.9 Å². The van der Waals surface area contributed by atoms with E-state index >= 15 is 0 Å². The van der Waals surface area contributed by atoms with E-state index in [4.69, 9.17) is 10.00 Å². The van der Waals surface area contributed by atoms with Gasteiger partial charge in [-0.15, -0.1) is 0 Å². The lowest BCUT2D eigenvalue weighted by Crippen LogP contribution is -2.16. The van der Waals surface area contributed by atoms with Crippen molar-refractivity contribution in [3.8, 4) is 6.07 Å². The minimum atomic E-state index is -3.35. The van der Waals surface area contributed by atoms with E-state index in [1.807, 2.05) is 13.0 Å². The fourth-order valence-electron chi connectivity index (χ4n) is 2.05. The van der Waals surface area contributed by atoms with Crippen LogP contribution in [0.4, 0.5) is 5.69 Å². The van der Waals surface area contributed by atoms with Gasteiger partial charge in [0.25, 0.3) is 0 Å². The SMILES string of the molecule is CCCCS(=O)(=O)Nc1ccc(C2=C(C#N)C(=O)OC2)cc1. The number of nitrogens with zero attached hydrogens (tertiary/aromatic N) is 1. The minimum Gasteiger partial charge on any atom is -0.457 e. The third kappa shape index (κ3) is 3.65. The number of cyclic esters (lactones) is 1. The molecule has 1 heterocycles. The zero-order valence-corrected chi connectivity index (χ0v) is 12.9. The lowest BCUT2D eigenvalue weighted by molar-refractivity contribution is -0.135. The fourth-order valence-corrected chi connectivity index (χ4v) is 3.32. The highest BCUT2D eigenvalue weighted by Gasteiger charge is 2.25. The summed E-state index contributed by atoms with van der Waals surface area (Å²) in [5, 5.41) is 8.96. The van der Waals surface area contributed by atoms with Crippen LogP contribution in [0, 0.1) is 11.3 Å². The lowest BCUT2D eigenvalue weighted by atomic mass is 10.0. The van der Waals surface area contributed by atoms with Gasteiger partial charge < -0.3 is 4.74 Å². The number of carbonyl (C=O) groups excluding carboxylic acids is 1. The summed E-state index contributed by atoms with van der Waals surface area (Å²) in [5.74, 6) is -0.543. The molecule has 0 bridgehead atoms. The Bertz CT molecular complexity index is 743. The highest BCUT2D eigenvalue weighted by molar-refractivity contribution is 7.92. The van der Waals surface area contributed by atoms with E-state index in [0.29, 0.717) is 23.2 Å². The number of unbranched alkanes of at least 4 members (excludes halogenated alkanes) is 1. The number of sulfonamides is 1. The molecule has 0 atom stereocenters. The zero-order valence-electron chi connectivity index (χ0n) is 12.1. The quantitative estimate of drug-likeness (QED) is 0.809. The average molecular weight is 320 g/mol. The molecule has 0 aromatic heterocycles. The molecule has 0 spiro atoms. The Kier molecular flexibility index (Phi) is 4.83. The van der Waals surface area contributed by atoms with Crippen LogP contribution in [0.2, 0.25) is 0 Å². The number of benzene rings is 1. The van der Waals surface area contributed by atoms with Crippen molar-refractivity contribution < 1.29 is 17.9 Å². The largest absolute Gasteiger partial charge is 0.457 e. The molecule has 0 fully saturated rings. The zero-order chi connectivity index (χ0) is 16.2. The van der Waals surface area contributed by atoms with Crippen molar-refractivity contribution in [3.63, 3.8) is 0 Å². The number of nitriles is 1. The molecule has 22 heavy (non-hydrogen) atoms. The topological polar surface area (TPSA) is 96.3 Å². The Morgan fingerprint density at radius 3 is 2.59 bits per heavy atom. The van der Waals surface area contributed by atoms with Crippen LogP contribution in [-0.4, -0.2) is 26.7 Å². The number of rotatable bonds is 6. The predicted octanol–water partition coefficient (Wildman–Crippen LogP) is 2.06. The molecule has 6 nitrogen and oxygen atoms in total. The van der Waals surface area contributed by atoms with Crippen LogP contribution in [-0.2, 0) is 19.6 Å². The molecule has 7 heteroatoms. The van der Waals surface area contributed by atoms with E-state index in [9.17, 15) is 13.2 Å². The van der Waals surface area contributed by atoms with Gasteiger partial charge in [-0.2, -0.15) is 5.26 Å². The third-order valence-corrected chi connectivity index (χ3v) is 4.61. The molecule has 1 aromatic carbocycles. The number of anilines is 1. The number of carbonyl (C=O) groups is 1. The first-order chi connectivity index (χ1) is 10.5. The molecule has 1 aliphatic heterocycles. The van der Waals surface area contributed by atoms with Crippen LogP contribution in [0.15, 0.2) is 29.8 Å². The van der Waals surface area contributed by atoms with Crippen molar-refractivity contribution in [2.45, 2.75) is 19.8 Å². The molecule has 0 saturated heterocycles. The molecule has 1 aromatic rings. The number of nitrogens with one attached hydrogen (secondary N) is 1. The Labute approximate surface area is 129 Å². The maximum Gasteiger partial charge on any atom is 0.349 e. The van der Waals surface area contributed by atoms with E-state index in [2.05, 4.69) is 4.72 Å². The molecule has 1 aliphatic rings. The van der Waals surface area contributed by atoms with E-state index in [1.165, 1.54) is 0 Å². The smallest absolute Gasteiger partial charge is 0.349 e. The first kappa shape index (κ1) is 16.0.